The van der Waals surface area contributed by atoms with Crippen molar-refractivity contribution >= 4 is 5.97 Å². The molecule has 7 heteroatoms. The number of alkyl halides is 2. The lowest BCUT2D eigenvalue weighted by atomic mass is 10.0. The number of carbonyl (C=O) groups is 1. The zero-order valence-corrected chi connectivity index (χ0v) is 11.8. The molecule has 0 atom stereocenters. The Labute approximate surface area is 120 Å². The van der Waals surface area contributed by atoms with Gasteiger partial charge in [-0.3, -0.25) is 4.79 Å². The first-order chi connectivity index (χ1) is 9.81. The summed E-state index contributed by atoms with van der Waals surface area (Å²) >= 11 is 0. The zero-order chi connectivity index (χ0) is 16.0. The summed E-state index contributed by atoms with van der Waals surface area (Å²) in [4.78, 5) is 10.3. The van der Waals surface area contributed by atoms with Crippen molar-refractivity contribution in [2.45, 2.75) is 31.6 Å². The van der Waals surface area contributed by atoms with Gasteiger partial charge in [0, 0.05) is 18.9 Å². The standard InChI is InChI=1S/C14H17F3O4/c1-20-11-7-9(10(15)8-12(11)21-2)14(16,17)6-4-3-5-13(18)19/h7-8H,3-6H2,1-2H3,(H,18,19). The van der Waals surface area contributed by atoms with Gasteiger partial charge in [-0.1, -0.05) is 0 Å². The van der Waals surface area contributed by atoms with E-state index < -0.39 is 29.7 Å². The van der Waals surface area contributed by atoms with Crippen molar-refractivity contribution < 1.29 is 32.5 Å². The van der Waals surface area contributed by atoms with Crippen LogP contribution >= 0.6 is 0 Å². The number of benzene rings is 1. The van der Waals surface area contributed by atoms with Crippen LogP contribution < -0.4 is 9.47 Å². The lowest BCUT2D eigenvalue weighted by Crippen LogP contribution is -2.16. The Morgan fingerprint density at radius 2 is 1.76 bits per heavy atom. The maximum Gasteiger partial charge on any atom is 0.303 e. The predicted molar refractivity (Wildman–Crippen MR) is 69.5 cm³/mol. The molecule has 0 spiro atoms. The van der Waals surface area contributed by atoms with E-state index in [0.29, 0.717) is 0 Å². The van der Waals surface area contributed by atoms with Crippen LogP contribution in [0.3, 0.4) is 0 Å². The number of unbranched alkanes of at least 4 members (excludes halogenated alkanes) is 1. The van der Waals surface area contributed by atoms with Crippen LogP contribution in [0.4, 0.5) is 13.2 Å². The minimum Gasteiger partial charge on any atom is -0.493 e. The average Bonchev–Trinajstić information content (AvgIpc) is 2.42. The molecule has 0 radical (unpaired) electrons. The summed E-state index contributed by atoms with van der Waals surface area (Å²) in [7, 11) is 2.55. The fourth-order valence-corrected chi connectivity index (χ4v) is 1.89. The van der Waals surface area contributed by atoms with E-state index in [1.54, 1.807) is 0 Å². The van der Waals surface area contributed by atoms with Gasteiger partial charge in [0.15, 0.2) is 11.5 Å². The molecule has 0 saturated heterocycles. The summed E-state index contributed by atoms with van der Waals surface area (Å²) in [5, 5.41) is 8.45. The first-order valence-electron chi connectivity index (χ1n) is 6.33. The van der Waals surface area contributed by atoms with E-state index in [-0.39, 0.29) is 30.8 Å². The molecule has 0 amide bonds. The average molecular weight is 306 g/mol. The number of hydrogen-bond donors (Lipinski definition) is 1. The van der Waals surface area contributed by atoms with Crippen molar-refractivity contribution in [2.75, 3.05) is 14.2 Å². The van der Waals surface area contributed by atoms with Crippen molar-refractivity contribution in [3.05, 3.63) is 23.5 Å². The Bertz CT molecular complexity index is 503. The molecule has 0 aliphatic carbocycles. The van der Waals surface area contributed by atoms with E-state index in [0.717, 1.165) is 12.1 Å². The van der Waals surface area contributed by atoms with Crippen molar-refractivity contribution in [3.8, 4) is 11.5 Å². The molecule has 0 bridgehead atoms. The molecule has 1 N–H and O–H groups in total. The normalized spacial score (nSPS) is 11.3. The van der Waals surface area contributed by atoms with E-state index in [4.69, 9.17) is 14.6 Å². The summed E-state index contributed by atoms with van der Waals surface area (Å²) in [6, 6.07) is 1.75. The fourth-order valence-electron chi connectivity index (χ4n) is 1.89. The molecule has 0 aliphatic heterocycles. The number of aliphatic carboxylic acids is 1. The highest BCUT2D eigenvalue weighted by molar-refractivity contribution is 5.66. The molecule has 1 aromatic carbocycles. The summed E-state index contributed by atoms with van der Waals surface area (Å²) in [6.07, 6.45) is -0.732. The van der Waals surface area contributed by atoms with Crippen molar-refractivity contribution in [1.82, 2.24) is 0 Å². The molecule has 0 aliphatic rings. The highest BCUT2D eigenvalue weighted by Gasteiger charge is 2.35. The molecule has 0 heterocycles. The third-order valence-electron chi connectivity index (χ3n) is 3.00. The highest BCUT2D eigenvalue weighted by Crippen LogP contribution is 2.40. The summed E-state index contributed by atoms with van der Waals surface area (Å²) in [5.41, 5.74) is -0.782. The monoisotopic (exact) mass is 306 g/mol. The minimum atomic E-state index is -3.40. The van der Waals surface area contributed by atoms with Gasteiger partial charge in [-0.15, -0.1) is 0 Å². The van der Waals surface area contributed by atoms with Gasteiger partial charge in [-0.05, 0) is 18.9 Å². The van der Waals surface area contributed by atoms with Gasteiger partial charge < -0.3 is 14.6 Å². The summed E-state index contributed by atoms with van der Waals surface area (Å²) in [5.74, 6) is -5.49. The molecule has 4 nitrogen and oxygen atoms in total. The van der Waals surface area contributed by atoms with E-state index in [2.05, 4.69) is 0 Å². The molecule has 21 heavy (non-hydrogen) atoms. The molecule has 0 fully saturated rings. The smallest absolute Gasteiger partial charge is 0.303 e. The Balaban J connectivity index is 2.88. The van der Waals surface area contributed by atoms with Gasteiger partial charge in [0.2, 0.25) is 0 Å². The number of methoxy groups -OCH3 is 2. The lowest BCUT2D eigenvalue weighted by molar-refractivity contribution is -0.137. The number of carboxylic acid groups (broad SMARTS) is 1. The molecule has 118 valence electrons. The van der Waals surface area contributed by atoms with Crippen LogP contribution in [0, 0.1) is 5.82 Å². The van der Waals surface area contributed by atoms with Crippen LogP contribution in [-0.4, -0.2) is 25.3 Å². The van der Waals surface area contributed by atoms with Gasteiger partial charge in [0.1, 0.15) is 5.82 Å². The molecule has 0 aromatic heterocycles. The number of ether oxygens (including phenoxy) is 2. The third-order valence-corrected chi connectivity index (χ3v) is 3.00. The molecular formula is C14H17F3O4. The quantitative estimate of drug-likeness (QED) is 0.746. The SMILES string of the molecule is COc1cc(F)c(C(F)(F)CCCCC(=O)O)cc1OC. The van der Waals surface area contributed by atoms with Crippen LogP contribution in [0.25, 0.3) is 0 Å². The molecular weight excluding hydrogens is 289 g/mol. The highest BCUT2D eigenvalue weighted by atomic mass is 19.3. The van der Waals surface area contributed by atoms with Gasteiger partial charge in [-0.2, -0.15) is 0 Å². The van der Waals surface area contributed by atoms with Crippen molar-refractivity contribution in [1.29, 1.82) is 0 Å². The van der Waals surface area contributed by atoms with E-state index in [9.17, 15) is 18.0 Å². The van der Waals surface area contributed by atoms with Crippen LogP contribution in [0.1, 0.15) is 31.2 Å². The Morgan fingerprint density at radius 1 is 1.19 bits per heavy atom. The van der Waals surface area contributed by atoms with Gasteiger partial charge in [0.05, 0.1) is 19.8 Å². The Morgan fingerprint density at radius 3 is 2.29 bits per heavy atom. The summed E-state index contributed by atoms with van der Waals surface area (Å²) in [6.45, 7) is 0. The lowest BCUT2D eigenvalue weighted by Gasteiger charge is -2.19. The van der Waals surface area contributed by atoms with E-state index in [1.807, 2.05) is 0 Å². The van der Waals surface area contributed by atoms with Gasteiger partial charge in [-0.25, -0.2) is 13.2 Å². The van der Waals surface area contributed by atoms with Crippen LogP contribution in [0.5, 0.6) is 11.5 Å². The number of rotatable bonds is 8. The van der Waals surface area contributed by atoms with Gasteiger partial charge >= 0.3 is 5.97 Å². The number of halogens is 3. The zero-order valence-electron chi connectivity index (χ0n) is 11.8. The predicted octanol–water partition coefficient (Wildman–Crippen LogP) is 3.58. The summed E-state index contributed by atoms with van der Waals surface area (Å²) < 4.78 is 51.5. The van der Waals surface area contributed by atoms with E-state index in [1.165, 1.54) is 14.2 Å². The Hall–Kier alpha value is -1.92. The first kappa shape index (κ1) is 17.1. The third kappa shape index (κ3) is 4.54. The van der Waals surface area contributed by atoms with Crippen molar-refractivity contribution in [3.63, 3.8) is 0 Å². The topological polar surface area (TPSA) is 55.8 Å². The maximum atomic E-state index is 14.0. The van der Waals surface area contributed by atoms with E-state index >= 15 is 0 Å². The van der Waals surface area contributed by atoms with Crippen LogP contribution in [0.2, 0.25) is 0 Å². The van der Waals surface area contributed by atoms with Crippen molar-refractivity contribution in [2.24, 2.45) is 0 Å². The maximum absolute atomic E-state index is 14.0. The second-order valence-corrected chi connectivity index (χ2v) is 4.49. The van der Waals surface area contributed by atoms with Crippen LogP contribution in [0.15, 0.2) is 12.1 Å². The molecule has 0 saturated carbocycles. The minimum absolute atomic E-state index is 0.0131. The van der Waals surface area contributed by atoms with Gasteiger partial charge in [0.25, 0.3) is 5.92 Å². The number of hydrogen-bond acceptors (Lipinski definition) is 3. The second kappa shape index (κ2) is 7.19. The Kier molecular flexibility index (Phi) is 5.87. The van der Waals surface area contributed by atoms with Crippen LogP contribution in [-0.2, 0) is 10.7 Å². The molecule has 1 rings (SSSR count). The molecule has 0 unspecified atom stereocenters. The number of carboxylic acids is 1. The fraction of sp³-hybridized carbons (Fsp3) is 0.500. The molecule has 1 aromatic rings. The first-order valence-corrected chi connectivity index (χ1v) is 6.33. The second-order valence-electron chi connectivity index (χ2n) is 4.49. The largest absolute Gasteiger partial charge is 0.493 e.